The van der Waals surface area contributed by atoms with Crippen LogP contribution in [0.2, 0.25) is 0 Å². The van der Waals surface area contributed by atoms with Crippen LogP contribution >= 0.6 is 0 Å². The second kappa shape index (κ2) is 5.11. The average molecular weight is 247 g/mol. The van der Waals surface area contributed by atoms with Gasteiger partial charge in [0.25, 0.3) is 5.91 Å². The van der Waals surface area contributed by atoms with Gasteiger partial charge in [0.15, 0.2) is 0 Å². The highest BCUT2D eigenvalue weighted by Crippen LogP contribution is 2.30. The van der Waals surface area contributed by atoms with Crippen molar-refractivity contribution in [1.82, 2.24) is 0 Å². The molecule has 1 amide bonds. The minimum atomic E-state index is -1.16. The Morgan fingerprint density at radius 1 is 1.39 bits per heavy atom. The molecule has 0 spiro atoms. The predicted octanol–water partition coefficient (Wildman–Crippen LogP) is 2.80. The van der Waals surface area contributed by atoms with Gasteiger partial charge in [0.1, 0.15) is 5.60 Å². The van der Waals surface area contributed by atoms with Gasteiger partial charge < -0.3 is 10.4 Å². The fourth-order valence-electron chi connectivity index (χ4n) is 2.56. The Kier molecular flexibility index (Phi) is 3.71. The first-order chi connectivity index (χ1) is 8.55. The molecule has 3 nitrogen and oxygen atoms in total. The Balaban J connectivity index is 2.11. The van der Waals surface area contributed by atoms with E-state index in [9.17, 15) is 9.90 Å². The van der Waals surface area contributed by atoms with Crippen LogP contribution in [0.25, 0.3) is 0 Å². The lowest BCUT2D eigenvalue weighted by Gasteiger charge is -2.21. The molecule has 0 aromatic heterocycles. The number of amides is 1. The van der Waals surface area contributed by atoms with E-state index in [0.717, 1.165) is 24.9 Å². The van der Waals surface area contributed by atoms with E-state index in [1.165, 1.54) is 11.1 Å². The van der Waals surface area contributed by atoms with Crippen molar-refractivity contribution in [2.45, 2.75) is 51.6 Å². The fourth-order valence-corrected chi connectivity index (χ4v) is 2.56. The van der Waals surface area contributed by atoms with Crippen molar-refractivity contribution < 1.29 is 9.90 Å². The van der Waals surface area contributed by atoms with Gasteiger partial charge >= 0.3 is 0 Å². The molecule has 0 aliphatic heterocycles. The zero-order valence-corrected chi connectivity index (χ0v) is 11.1. The van der Waals surface area contributed by atoms with E-state index in [4.69, 9.17) is 0 Å². The maximum absolute atomic E-state index is 12.1. The summed E-state index contributed by atoms with van der Waals surface area (Å²) < 4.78 is 0. The van der Waals surface area contributed by atoms with Crippen LogP contribution in [0.5, 0.6) is 0 Å². The molecule has 1 saturated carbocycles. The highest BCUT2D eigenvalue weighted by atomic mass is 16.3. The molecule has 0 saturated heterocycles. The van der Waals surface area contributed by atoms with E-state index < -0.39 is 5.60 Å². The van der Waals surface area contributed by atoms with Crippen molar-refractivity contribution in [3.05, 3.63) is 29.3 Å². The van der Waals surface area contributed by atoms with Crippen LogP contribution in [0.3, 0.4) is 0 Å². The largest absolute Gasteiger partial charge is 0.380 e. The van der Waals surface area contributed by atoms with Crippen molar-refractivity contribution in [1.29, 1.82) is 0 Å². The number of carbonyl (C=O) groups excluding carboxylic acids is 1. The Bertz CT molecular complexity index is 448. The van der Waals surface area contributed by atoms with Crippen molar-refractivity contribution in [3.8, 4) is 0 Å². The zero-order valence-electron chi connectivity index (χ0n) is 11.1. The Hall–Kier alpha value is -1.35. The molecule has 0 radical (unpaired) electrons. The average Bonchev–Trinajstić information content (AvgIpc) is 2.80. The van der Waals surface area contributed by atoms with Gasteiger partial charge in [-0.3, -0.25) is 4.79 Å². The maximum atomic E-state index is 12.1. The molecule has 18 heavy (non-hydrogen) atoms. The van der Waals surface area contributed by atoms with E-state index in [1.807, 2.05) is 18.2 Å². The first kappa shape index (κ1) is 13.1. The summed E-state index contributed by atoms with van der Waals surface area (Å²) >= 11 is 0. The van der Waals surface area contributed by atoms with Crippen molar-refractivity contribution in [2.24, 2.45) is 0 Å². The monoisotopic (exact) mass is 247 g/mol. The maximum Gasteiger partial charge on any atom is 0.256 e. The topological polar surface area (TPSA) is 49.3 Å². The molecule has 1 fully saturated rings. The van der Waals surface area contributed by atoms with Gasteiger partial charge in [-0.2, -0.15) is 0 Å². The summed E-state index contributed by atoms with van der Waals surface area (Å²) in [4.78, 5) is 12.1. The van der Waals surface area contributed by atoms with Gasteiger partial charge in [0.05, 0.1) is 0 Å². The third kappa shape index (κ3) is 2.56. The summed E-state index contributed by atoms with van der Waals surface area (Å²) in [6.45, 7) is 4.16. The molecule has 0 bridgehead atoms. The summed E-state index contributed by atoms with van der Waals surface area (Å²) in [5, 5.41) is 13.0. The molecule has 1 aromatic carbocycles. The van der Waals surface area contributed by atoms with Crippen LogP contribution in [0.15, 0.2) is 18.2 Å². The third-order valence-corrected chi connectivity index (χ3v) is 3.84. The van der Waals surface area contributed by atoms with Gasteiger partial charge in [-0.1, -0.05) is 13.0 Å². The Morgan fingerprint density at radius 2 is 2.06 bits per heavy atom. The summed E-state index contributed by atoms with van der Waals surface area (Å²) in [5.74, 6) is -0.258. The number of rotatable bonds is 3. The number of aryl methyl sites for hydroxylation is 2. The number of aliphatic hydroxyl groups is 1. The smallest absolute Gasteiger partial charge is 0.256 e. The van der Waals surface area contributed by atoms with E-state index in [-0.39, 0.29) is 5.91 Å². The van der Waals surface area contributed by atoms with E-state index in [1.54, 1.807) is 0 Å². The molecular formula is C15H21NO2. The molecule has 98 valence electrons. The minimum absolute atomic E-state index is 0.258. The highest BCUT2D eigenvalue weighted by Gasteiger charge is 2.38. The molecule has 0 heterocycles. The van der Waals surface area contributed by atoms with Gasteiger partial charge in [-0.25, -0.2) is 0 Å². The molecule has 1 aliphatic carbocycles. The van der Waals surface area contributed by atoms with Crippen LogP contribution < -0.4 is 5.32 Å². The quantitative estimate of drug-likeness (QED) is 0.863. The number of anilines is 1. The first-order valence-electron chi connectivity index (χ1n) is 6.68. The van der Waals surface area contributed by atoms with Gasteiger partial charge in [0.2, 0.25) is 0 Å². The number of nitrogens with one attached hydrogen (secondary N) is 1. The van der Waals surface area contributed by atoms with Gasteiger partial charge in [0, 0.05) is 5.69 Å². The summed E-state index contributed by atoms with van der Waals surface area (Å²) in [5.41, 5.74) is 2.08. The van der Waals surface area contributed by atoms with E-state index >= 15 is 0 Å². The molecule has 2 N–H and O–H groups in total. The second-order valence-corrected chi connectivity index (χ2v) is 5.19. The zero-order chi connectivity index (χ0) is 13.2. The summed E-state index contributed by atoms with van der Waals surface area (Å²) in [6.07, 6.45) is 3.95. The highest BCUT2D eigenvalue weighted by molar-refractivity contribution is 5.97. The second-order valence-electron chi connectivity index (χ2n) is 5.19. The van der Waals surface area contributed by atoms with Crippen molar-refractivity contribution in [3.63, 3.8) is 0 Å². The SMILES string of the molecule is CCc1cc(NC(=O)C2(O)CCCC2)ccc1C. The Morgan fingerprint density at radius 3 is 2.67 bits per heavy atom. The molecule has 0 atom stereocenters. The molecule has 1 aliphatic rings. The molecule has 3 heteroatoms. The van der Waals surface area contributed by atoms with E-state index in [2.05, 4.69) is 19.2 Å². The molecule has 2 rings (SSSR count). The predicted molar refractivity (Wildman–Crippen MR) is 72.6 cm³/mol. The first-order valence-corrected chi connectivity index (χ1v) is 6.68. The van der Waals surface area contributed by atoms with Gasteiger partial charge in [-0.05, 0) is 62.3 Å². The lowest BCUT2D eigenvalue weighted by atomic mass is 10.0. The molecule has 1 aromatic rings. The lowest BCUT2D eigenvalue weighted by Crippen LogP contribution is -2.40. The van der Waals surface area contributed by atoms with Crippen molar-refractivity contribution in [2.75, 3.05) is 5.32 Å². The summed E-state index contributed by atoms with van der Waals surface area (Å²) in [7, 11) is 0. The van der Waals surface area contributed by atoms with E-state index in [0.29, 0.717) is 12.8 Å². The van der Waals surface area contributed by atoms with Crippen LogP contribution in [0.1, 0.15) is 43.7 Å². The van der Waals surface area contributed by atoms with Gasteiger partial charge in [-0.15, -0.1) is 0 Å². The summed E-state index contributed by atoms with van der Waals surface area (Å²) in [6, 6.07) is 5.89. The minimum Gasteiger partial charge on any atom is -0.380 e. The number of hydrogen-bond donors (Lipinski definition) is 2. The van der Waals surface area contributed by atoms with Crippen LogP contribution in [0, 0.1) is 6.92 Å². The number of benzene rings is 1. The third-order valence-electron chi connectivity index (χ3n) is 3.84. The Labute approximate surface area is 108 Å². The van der Waals surface area contributed by atoms with Crippen LogP contribution in [0.4, 0.5) is 5.69 Å². The number of hydrogen-bond acceptors (Lipinski definition) is 2. The lowest BCUT2D eigenvalue weighted by molar-refractivity contribution is -0.133. The molecule has 0 unspecified atom stereocenters. The molecular weight excluding hydrogens is 226 g/mol. The van der Waals surface area contributed by atoms with Crippen LogP contribution in [-0.4, -0.2) is 16.6 Å². The standard InChI is InChI=1S/C15H21NO2/c1-3-12-10-13(7-6-11(12)2)16-14(17)15(18)8-4-5-9-15/h6-7,10,18H,3-5,8-9H2,1-2H3,(H,16,17). The van der Waals surface area contributed by atoms with Crippen molar-refractivity contribution >= 4 is 11.6 Å². The fraction of sp³-hybridized carbons (Fsp3) is 0.533. The van der Waals surface area contributed by atoms with Crippen LogP contribution in [-0.2, 0) is 11.2 Å². The number of carbonyl (C=O) groups is 1. The normalized spacial score (nSPS) is 17.7.